The zero-order chi connectivity index (χ0) is 13.9. The monoisotopic (exact) mass is 270 g/mol. The fourth-order valence-corrected chi connectivity index (χ4v) is 1.88. The first-order valence-electron chi connectivity index (χ1n) is 5.40. The van der Waals surface area contributed by atoms with Gasteiger partial charge in [-0.1, -0.05) is 11.6 Å². The number of benzene rings is 1. The summed E-state index contributed by atoms with van der Waals surface area (Å²) in [4.78, 5) is 23.5. The molecule has 1 amide bonds. The number of nitrogens with zero attached hydrogens (tertiary/aromatic N) is 1. The number of nitrogens with two attached hydrogens (primary N) is 1. The van der Waals surface area contributed by atoms with Crippen LogP contribution in [0, 0.1) is 0 Å². The number of carbonyl (C=O) groups is 2. The van der Waals surface area contributed by atoms with Gasteiger partial charge in [0.2, 0.25) is 5.91 Å². The molecule has 0 atom stereocenters. The van der Waals surface area contributed by atoms with Crippen LogP contribution in [0.2, 0.25) is 5.02 Å². The molecule has 0 fully saturated rings. The Morgan fingerprint density at radius 1 is 1.44 bits per heavy atom. The lowest BCUT2D eigenvalue weighted by atomic mass is 10.1. The quantitative estimate of drug-likeness (QED) is 0.854. The van der Waals surface area contributed by atoms with Gasteiger partial charge in [0, 0.05) is 6.04 Å². The Labute approximate surface area is 110 Å². The zero-order valence-corrected chi connectivity index (χ0v) is 10.9. The highest BCUT2D eigenvalue weighted by Gasteiger charge is 2.17. The Hall–Kier alpha value is -1.75. The summed E-state index contributed by atoms with van der Waals surface area (Å²) in [5.74, 6) is -1.52. The molecule has 0 aliphatic carbocycles. The number of carboxylic acids is 1. The number of hydrogen-bond acceptors (Lipinski definition) is 3. The molecule has 5 nitrogen and oxygen atoms in total. The van der Waals surface area contributed by atoms with Crippen molar-refractivity contribution >= 4 is 29.2 Å². The maximum absolute atomic E-state index is 11.0. The van der Waals surface area contributed by atoms with Crippen LogP contribution in [0.3, 0.4) is 0 Å². The molecule has 0 heterocycles. The van der Waals surface area contributed by atoms with E-state index < -0.39 is 11.9 Å². The molecule has 1 aromatic rings. The normalized spacial score (nSPS) is 10.4. The number of halogens is 1. The van der Waals surface area contributed by atoms with E-state index in [0.717, 1.165) is 0 Å². The third-order valence-electron chi connectivity index (χ3n) is 2.45. The number of hydrogen-bond donors (Lipinski definition) is 2. The van der Waals surface area contributed by atoms with Crippen molar-refractivity contribution in [3.05, 3.63) is 28.8 Å². The van der Waals surface area contributed by atoms with Gasteiger partial charge in [-0.3, -0.25) is 4.79 Å². The van der Waals surface area contributed by atoms with E-state index >= 15 is 0 Å². The standard InChI is InChI=1S/C12H15ClN2O3/c1-7(2)15(6-11(14)16)10-4-3-8(12(17)18)5-9(10)13/h3-5,7H,6H2,1-2H3,(H2,14,16)(H,17,18). The van der Waals surface area contributed by atoms with Gasteiger partial charge in [0.05, 0.1) is 22.8 Å². The lowest BCUT2D eigenvalue weighted by molar-refractivity contribution is -0.116. The fraction of sp³-hybridized carbons (Fsp3) is 0.333. The average molecular weight is 271 g/mol. The van der Waals surface area contributed by atoms with Gasteiger partial charge in [-0.05, 0) is 32.0 Å². The van der Waals surface area contributed by atoms with Crippen molar-refractivity contribution in [1.82, 2.24) is 0 Å². The molecule has 1 aromatic carbocycles. The molecule has 1 rings (SSSR count). The van der Waals surface area contributed by atoms with Gasteiger partial charge in [-0.25, -0.2) is 4.79 Å². The molecular weight excluding hydrogens is 256 g/mol. The Kier molecular flexibility index (Phi) is 4.55. The third kappa shape index (κ3) is 3.37. The SMILES string of the molecule is CC(C)N(CC(N)=O)c1ccc(C(=O)O)cc1Cl. The van der Waals surface area contributed by atoms with Crippen molar-refractivity contribution in [3.63, 3.8) is 0 Å². The Bertz CT molecular complexity index is 474. The first kappa shape index (κ1) is 14.3. The molecule has 0 bridgehead atoms. The van der Waals surface area contributed by atoms with Crippen molar-refractivity contribution < 1.29 is 14.7 Å². The minimum absolute atomic E-state index is 0.0191. The van der Waals surface area contributed by atoms with E-state index in [1.54, 1.807) is 11.0 Å². The number of anilines is 1. The number of rotatable bonds is 5. The minimum Gasteiger partial charge on any atom is -0.478 e. The number of carbonyl (C=O) groups excluding carboxylic acids is 1. The summed E-state index contributed by atoms with van der Waals surface area (Å²) in [6.45, 7) is 3.82. The molecule has 0 unspecified atom stereocenters. The third-order valence-corrected chi connectivity index (χ3v) is 2.76. The number of carboxylic acid groups (broad SMARTS) is 1. The molecule has 98 valence electrons. The summed E-state index contributed by atoms with van der Waals surface area (Å²) < 4.78 is 0. The summed E-state index contributed by atoms with van der Waals surface area (Å²) >= 11 is 6.04. The van der Waals surface area contributed by atoms with E-state index in [1.165, 1.54) is 12.1 Å². The molecule has 0 aromatic heterocycles. The van der Waals surface area contributed by atoms with Crippen molar-refractivity contribution in [1.29, 1.82) is 0 Å². The summed E-state index contributed by atoms with van der Waals surface area (Å²) in [5, 5.41) is 9.13. The van der Waals surface area contributed by atoms with E-state index in [4.69, 9.17) is 22.4 Å². The van der Waals surface area contributed by atoms with E-state index in [0.29, 0.717) is 5.69 Å². The summed E-state index contributed by atoms with van der Waals surface area (Å²) in [6.07, 6.45) is 0. The van der Waals surface area contributed by atoms with Crippen LogP contribution in [0.15, 0.2) is 18.2 Å². The molecule has 3 N–H and O–H groups in total. The highest BCUT2D eigenvalue weighted by atomic mass is 35.5. The molecule has 6 heteroatoms. The van der Waals surface area contributed by atoms with Crippen LogP contribution in [0.5, 0.6) is 0 Å². The van der Waals surface area contributed by atoms with Crippen LogP contribution in [0.1, 0.15) is 24.2 Å². The van der Waals surface area contributed by atoms with Gasteiger partial charge in [0.25, 0.3) is 0 Å². The first-order chi connectivity index (χ1) is 8.32. The van der Waals surface area contributed by atoms with E-state index in [-0.39, 0.29) is 23.2 Å². The summed E-state index contributed by atoms with van der Waals surface area (Å²) in [7, 11) is 0. The van der Waals surface area contributed by atoms with Crippen molar-refractivity contribution in [2.75, 3.05) is 11.4 Å². The molecule has 0 radical (unpaired) electrons. The largest absolute Gasteiger partial charge is 0.478 e. The van der Waals surface area contributed by atoms with Gasteiger partial charge in [0.15, 0.2) is 0 Å². The highest BCUT2D eigenvalue weighted by Crippen LogP contribution is 2.28. The van der Waals surface area contributed by atoms with Crippen LogP contribution in [-0.4, -0.2) is 29.6 Å². The number of aromatic carboxylic acids is 1. The van der Waals surface area contributed by atoms with Gasteiger partial charge in [-0.15, -0.1) is 0 Å². The average Bonchev–Trinajstić information content (AvgIpc) is 2.25. The Morgan fingerprint density at radius 2 is 2.06 bits per heavy atom. The first-order valence-corrected chi connectivity index (χ1v) is 5.78. The predicted octanol–water partition coefficient (Wildman–Crippen LogP) is 1.74. The van der Waals surface area contributed by atoms with Gasteiger partial charge in [-0.2, -0.15) is 0 Å². The fourth-order valence-electron chi connectivity index (χ4n) is 1.59. The molecule has 0 aliphatic rings. The van der Waals surface area contributed by atoms with Crippen molar-refractivity contribution in [3.8, 4) is 0 Å². The second-order valence-electron chi connectivity index (χ2n) is 4.16. The molecule has 0 saturated heterocycles. The van der Waals surface area contributed by atoms with Gasteiger partial charge >= 0.3 is 5.97 Å². The van der Waals surface area contributed by atoms with Crippen LogP contribution >= 0.6 is 11.6 Å². The second-order valence-corrected chi connectivity index (χ2v) is 4.57. The Morgan fingerprint density at radius 3 is 2.44 bits per heavy atom. The molecule has 0 spiro atoms. The van der Waals surface area contributed by atoms with E-state index in [2.05, 4.69) is 0 Å². The van der Waals surface area contributed by atoms with Crippen LogP contribution in [-0.2, 0) is 4.79 Å². The van der Waals surface area contributed by atoms with Crippen molar-refractivity contribution in [2.45, 2.75) is 19.9 Å². The predicted molar refractivity (Wildman–Crippen MR) is 70.1 cm³/mol. The lowest BCUT2D eigenvalue weighted by Crippen LogP contribution is -2.38. The maximum Gasteiger partial charge on any atom is 0.335 e. The van der Waals surface area contributed by atoms with Gasteiger partial charge in [0.1, 0.15) is 0 Å². The minimum atomic E-state index is -1.05. The van der Waals surface area contributed by atoms with Crippen molar-refractivity contribution in [2.24, 2.45) is 5.73 Å². The van der Waals surface area contributed by atoms with E-state index in [9.17, 15) is 9.59 Å². The topological polar surface area (TPSA) is 83.6 Å². The number of primary amides is 1. The second kappa shape index (κ2) is 5.73. The maximum atomic E-state index is 11.0. The van der Waals surface area contributed by atoms with Crippen LogP contribution in [0.4, 0.5) is 5.69 Å². The summed E-state index contributed by atoms with van der Waals surface area (Å²) in [6, 6.07) is 4.40. The van der Waals surface area contributed by atoms with Crippen LogP contribution < -0.4 is 10.6 Å². The van der Waals surface area contributed by atoms with E-state index in [1.807, 2.05) is 13.8 Å². The molecule has 18 heavy (non-hydrogen) atoms. The number of amides is 1. The smallest absolute Gasteiger partial charge is 0.335 e. The lowest BCUT2D eigenvalue weighted by Gasteiger charge is -2.28. The summed E-state index contributed by atoms with van der Waals surface area (Å²) in [5.41, 5.74) is 5.88. The van der Waals surface area contributed by atoms with Gasteiger partial charge < -0.3 is 15.7 Å². The van der Waals surface area contributed by atoms with Crippen LogP contribution in [0.25, 0.3) is 0 Å². The Balaban J connectivity index is 3.13. The molecular formula is C12H15ClN2O3. The molecule has 0 aliphatic heterocycles. The highest BCUT2D eigenvalue weighted by molar-refractivity contribution is 6.33. The molecule has 0 saturated carbocycles. The zero-order valence-electron chi connectivity index (χ0n) is 10.2.